The van der Waals surface area contributed by atoms with Crippen LogP contribution in [0.15, 0.2) is 36.4 Å². The summed E-state index contributed by atoms with van der Waals surface area (Å²) in [6, 6.07) is 11.9. The number of primary amides is 1. The fourth-order valence-corrected chi connectivity index (χ4v) is 2.94. The van der Waals surface area contributed by atoms with E-state index in [4.69, 9.17) is 5.73 Å². The Morgan fingerprint density at radius 3 is 2.59 bits per heavy atom. The highest BCUT2D eigenvalue weighted by atomic mass is 16.1. The number of amides is 1. The number of aromatic nitrogens is 1. The number of anilines is 1. The van der Waals surface area contributed by atoms with Gasteiger partial charge >= 0.3 is 0 Å². The maximum atomic E-state index is 11.9. The van der Waals surface area contributed by atoms with Crippen LogP contribution in [0.25, 0.3) is 21.8 Å². The van der Waals surface area contributed by atoms with Gasteiger partial charge in [-0.2, -0.15) is 0 Å². The van der Waals surface area contributed by atoms with Crippen molar-refractivity contribution in [2.24, 2.45) is 5.73 Å². The molecule has 2 N–H and O–H groups in total. The molecule has 0 aliphatic carbocycles. The van der Waals surface area contributed by atoms with Crippen LogP contribution in [0.3, 0.4) is 0 Å². The molecule has 1 heterocycles. The van der Waals surface area contributed by atoms with Crippen LogP contribution >= 0.6 is 0 Å². The number of pyridine rings is 1. The summed E-state index contributed by atoms with van der Waals surface area (Å²) in [5.74, 6) is -0.446. The molecule has 112 valence electrons. The van der Waals surface area contributed by atoms with Crippen molar-refractivity contribution < 1.29 is 4.79 Å². The van der Waals surface area contributed by atoms with Gasteiger partial charge in [-0.3, -0.25) is 4.79 Å². The van der Waals surface area contributed by atoms with Crippen molar-refractivity contribution in [2.75, 3.05) is 19.0 Å². The van der Waals surface area contributed by atoms with Crippen LogP contribution in [0.1, 0.15) is 22.8 Å². The molecule has 1 amide bonds. The highest BCUT2D eigenvalue weighted by Gasteiger charge is 2.17. The summed E-state index contributed by atoms with van der Waals surface area (Å²) in [5, 5.41) is 2.07. The van der Waals surface area contributed by atoms with E-state index >= 15 is 0 Å². The van der Waals surface area contributed by atoms with Gasteiger partial charge in [0, 0.05) is 30.6 Å². The number of carbonyl (C=O) groups is 1. The second-order valence-electron chi connectivity index (χ2n) is 5.61. The van der Waals surface area contributed by atoms with Crippen LogP contribution in [-0.2, 0) is 6.42 Å². The summed E-state index contributed by atoms with van der Waals surface area (Å²) in [6.07, 6.45) is 0.864. The monoisotopic (exact) mass is 293 g/mol. The minimum Gasteiger partial charge on any atom is -0.377 e. The number of hydrogen-bond donors (Lipinski definition) is 1. The molecule has 2 aromatic carbocycles. The number of carbonyl (C=O) groups excluding carboxylic acids is 1. The predicted molar refractivity (Wildman–Crippen MR) is 91.5 cm³/mol. The minimum absolute atomic E-state index is 0.446. The molecule has 0 saturated heterocycles. The van der Waals surface area contributed by atoms with Crippen molar-refractivity contribution in [3.8, 4) is 0 Å². The Bertz CT molecular complexity index is 884. The molecule has 0 spiro atoms. The van der Waals surface area contributed by atoms with Crippen LogP contribution in [0.5, 0.6) is 0 Å². The summed E-state index contributed by atoms with van der Waals surface area (Å²) >= 11 is 0. The number of hydrogen-bond acceptors (Lipinski definition) is 3. The zero-order chi connectivity index (χ0) is 15.9. The van der Waals surface area contributed by atoms with Gasteiger partial charge in [0.15, 0.2) is 0 Å². The quantitative estimate of drug-likeness (QED) is 0.755. The SMILES string of the molecule is CCc1c(N(C)C)cc(C(N)=O)c2nc3ccccc3cc12. The topological polar surface area (TPSA) is 59.2 Å². The van der Waals surface area contributed by atoms with Gasteiger partial charge in [0.05, 0.1) is 16.6 Å². The van der Waals surface area contributed by atoms with Gasteiger partial charge in [-0.1, -0.05) is 25.1 Å². The number of fused-ring (bicyclic) bond motifs is 2. The molecule has 0 radical (unpaired) electrons. The molecule has 3 aromatic rings. The second-order valence-corrected chi connectivity index (χ2v) is 5.61. The Hall–Kier alpha value is -2.62. The second kappa shape index (κ2) is 5.30. The van der Waals surface area contributed by atoms with Gasteiger partial charge in [-0.25, -0.2) is 4.98 Å². The van der Waals surface area contributed by atoms with E-state index < -0.39 is 5.91 Å². The largest absolute Gasteiger partial charge is 0.377 e. The molecule has 22 heavy (non-hydrogen) atoms. The van der Waals surface area contributed by atoms with Crippen molar-refractivity contribution in [3.05, 3.63) is 47.5 Å². The molecular weight excluding hydrogens is 274 g/mol. The Morgan fingerprint density at radius 1 is 1.23 bits per heavy atom. The Morgan fingerprint density at radius 2 is 1.95 bits per heavy atom. The Balaban J connectivity index is 2.52. The van der Waals surface area contributed by atoms with Crippen LogP contribution in [-0.4, -0.2) is 25.0 Å². The summed E-state index contributed by atoms with van der Waals surface area (Å²) in [4.78, 5) is 18.6. The van der Waals surface area contributed by atoms with Crippen molar-refractivity contribution >= 4 is 33.4 Å². The molecule has 0 bridgehead atoms. The molecule has 0 saturated carbocycles. The van der Waals surface area contributed by atoms with Gasteiger partial charge in [0.2, 0.25) is 0 Å². The standard InChI is InChI=1S/C18H19N3O/c1-4-12-13-9-11-7-5-6-8-15(11)20-17(13)14(18(19)22)10-16(12)21(2)3/h5-10H,4H2,1-3H3,(H2,19,22). The van der Waals surface area contributed by atoms with Gasteiger partial charge in [-0.15, -0.1) is 0 Å². The summed E-state index contributed by atoms with van der Waals surface area (Å²) < 4.78 is 0. The molecule has 0 unspecified atom stereocenters. The molecule has 0 aliphatic heterocycles. The van der Waals surface area contributed by atoms with Crippen molar-refractivity contribution in [2.45, 2.75) is 13.3 Å². The van der Waals surface area contributed by atoms with Gasteiger partial charge < -0.3 is 10.6 Å². The van der Waals surface area contributed by atoms with Crippen molar-refractivity contribution in [3.63, 3.8) is 0 Å². The van der Waals surface area contributed by atoms with E-state index in [1.54, 1.807) is 0 Å². The molecular formula is C18H19N3O. The molecule has 0 fully saturated rings. The summed E-state index contributed by atoms with van der Waals surface area (Å²) in [5.41, 5.74) is 9.82. The predicted octanol–water partition coefficient (Wildman–Crippen LogP) is 3.12. The molecule has 0 atom stereocenters. The average molecular weight is 293 g/mol. The lowest BCUT2D eigenvalue weighted by atomic mass is 9.97. The number of nitrogens with zero attached hydrogens (tertiary/aromatic N) is 2. The fourth-order valence-electron chi connectivity index (χ4n) is 2.94. The molecule has 3 rings (SSSR count). The van der Waals surface area contributed by atoms with E-state index in [-0.39, 0.29) is 0 Å². The van der Waals surface area contributed by atoms with E-state index in [1.807, 2.05) is 49.3 Å². The van der Waals surface area contributed by atoms with E-state index in [9.17, 15) is 4.79 Å². The smallest absolute Gasteiger partial charge is 0.250 e. The maximum Gasteiger partial charge on any atom is 0.250 e. The van der Waals surface area contributed by atoms with Crippen LogP contribution in [0, 0.1) is 0 Å². The normalized spacial score (nSPS) is 11.0. The lowest BCUT2D eigenvalue weighted by molar-refractivity contribution is 0.100. The lowest BCUT2D eigenvalue weighted by Gasteiger charge is -2.20. The van der Waals surface area contributed by atoms with E-state index in [0.29, 0.717) is 11.1 Å². The molecule has 0 aliphatic rings. The number of para-hydroxylation sites is 1. The first-order valence-corrected chi connectivity index (χ1v) is 7.35. The summed E-state index contributed by atoms with van der Waals surface area (Å²) in [6.45, 7) is 2.11. The van der Waals surface area contributed by atoms with Gasteiger partial charge in [0.1, 0.15) is 0 Å². The Labute approximate surface area is 129 Å². The number of aryl methyl sites for hydroxylation is 1. The van der Waals surface area contributed by atoms with Crippen molar-refractivity contribution in [1.82, 2.24) is 4.98 Å². The third-order valence-corrected chi connectivity index (χ3v) is 4.00. The van der Waals surface area contributed by atoms with Crippen LogP contribution in [0.2, 0.25) is 0 Å². The third kappa shape index (κ3) is 2.17. The maximum absolute atomic E-state index is 11.9. The van der Waals surface area contributed by atoms with E-state index in [2.05, 4.69) is 18.0 Å². The first kappa shape index (κ1) is 14.3. The van der Waals surface area contributed by atoms with E-state index in [0.717, 1.165) is 28.4 Å². The highest BCUT2D eigenvalue weighted by molar-refractivity contribution is 6.10. The zero-order valence-corrected chi connectivity index (χ0v) is 13.1. The molecule has 1 aromatic heterocycles. The Kier molecular flexibility index (Phi) is 3.45. The van der Waals surface area contributed by atoms with Gasteiger partial charge in [-0.05, 0) is 30.2 Å². The lowest BCUT2D eigenvalue weighted by Crippen LogP contribution is -2.17. The van der Waals surface area contributed by atoms with E-state index in [1.165, 1.54) is 5.56 Å². The number of nitrogens with two attached hydrogens (primary N) is 1. The number of benzene rings is 2. The number of rotatable bonds is 3. The third-order valence-electron chi connectivity index (χ3n) is 4.00. The van der Waals surface area contributed by atoms with Crippen LogP contribution < -0.4 is 10.6 Å². The summed E-state index contributed by atoms with van der Waals surface area (Å²) in [7, 11) is 3.94. The zero-order valence-electron chi connectivity index (χ0n) is 13.1. The molecule has 4 heteroatoms. The average Bonchev–Trinajstić information content (AvgIpc) is 2.50. The molecule has 4 nitrogen and oxygen atoms in total. The minimum atomic E-state index is -0.446. The van der Waals surface area contributed by atoms with Gasteiger partial charge in [0.25, 0.3) is 5.91 Å². The first-order chi connectivity index (χ1) is 10.5. The van der Waals surface area contributed by atoms with Crippen LogP contribution in [0.4, 0.5) is 5.69 Å². The fraction of sp³-hybridized carbons (Fsp3) is 0.222. The van der Waals surface area contributed by atoms with Crippen molar-refractivity contribution in [1.29, 1.82) is 0 Å². The highest BCUT2D eigenvalue weighted by Crippen LogP contribution is 2.32. The first-order valence-electron chi connectivity index (χ1n) is 7.35.